The minimum atomic E-state index is -1.02. The number of carboxylic acids is 1. The van der Waals surface area contributed by atoms with Crippen molar-refractivity contribution >= 4 is 5.97 Å². The molecule has 5 heteroatoms. The summed E-state index contributed by atoms with van der Waals surface area (Å²) in [4.78, 5) is 10.7. The molecule has 2 rings (SSSR count). The van der Waals surface area contributed by atoms with Crippen LogP contribution in [0.25, 0.3) is 0 Å². The molecule has 3 N–H and O–H groups in total. The Hall–Kier alpha value is -2.11. The molecule has 5 nitrogen and oxygen atoms in total. The number of nitrogens with one attached hydrogen (secondary N) is 1. The fraction of sp³-hybridized carbons (Fsp3) is 0.214. The van der Waals surface area contributed by atoms with E-state index < -0.39 is 5.97 Å². The third-order valence-electron chi connectivity index (χ3n) is 2.81. The van der Waals surface area contributed by atoms with Crippen LogP contribution in [0.4, 0.5) is 0 Å². The quantitative estimate of drug-likeness (QED) is 0.738. The lowest BCUT2D eigenvalue weighted by molar-refractivity contribution is 0.0696. The van der Waals surface area contributed by atoms with E-state index in [2.05, 4.69) is 5.32 Å². The van der Waals surface area contributed by atoms with Gasteiger partial charge in [-0.3, -0.25) is 0 Å². The summed E-state index contributed by atoms with van der Waals surface area (Å²) in [5.41, 5.74) is 1.09. The van der Waals surface area contributed by atoms with E-state index in [0.29, 0.717) is 12.3 Å². The first-order valence-corrected chi connectivity index (χ1v) is 5.90. The van der Waals surface area contributed by atoms with Gasteiger partial charge in [0.15, 0.2) is 0 Å². The molecule has 1 aromatic heterocycles. The molecule has 1 heterocycles. The molecule has 1 aromatic carbocycles. The molecule has 0 unspecified atom stereocenters. The SMILES string of the molecule is O=C(O)c1coc(CN[C@@H](CO)c2ccccc2)c1. The van der Waals surface area contributed by atoms with E-state index in [4.69, 9.17) is 9.52 Å². The normalized spacial score (nSPS) is 12.3. The first kappa shape index (κ1) is 13.3. The predicted molar refractivity (Wildman–Crippen MR) is 68.8 cm³/mol. The molecule has 0 spiro atoms. The minimum Gasteiger partial charge on any atom is -0.478 e. The molecular formula is C14H15NO4. The Bertz CT molecular complexity index is 535. The number of carbonyl (C=O) groups is 1. The zero-order chi connectivity index (χ0) is 13.7. The highest BCUT2D eigenvalue weighted by atomic mass is 16.4. The maximum Gasteiger partial charge on any atom is 0.338 e. The number of carboxylic acid groups (broad SMARTS) is 1. The van der Waals surface area contributed by atoms with Gasteiger partial charge in [-0.05, 0) is 11.6 Å². The Morgan fingerprint density at radius 2 is 2.05 bits per heavy atom. The molecule has 0 bridgehead atoms. The summed E-state index contributed by atoms with van der Waals surface area (Å²) < 4.78 is 5.13. The molecule has 19 heavy (non-hydrogen) atoms. The fourth-order valence-corrected chi connectivity index (χ4v) is 1.78. The van der Waals surface area contributed by atoms with E-state index >= 15 is 0 Å². The van der Waals surface area contributed by atoms with Gasteiger partial charge in [-0.2, -0.15) is 0 Å². The van der Waals surface area contributed by atoms with Crippen LogP contribution < -0.4 is 5.32 Å². The van der Waals surface area contributed by atoms with Gasteiger partial charge >= 0.3 is 5.97 Å². The maximum absolute atomic E-state index is 10.7. The molecule has 0 amide bonds. The lowest BCUT2D eigenvalue weighted by Crippen LogP contribution is -2.23. The van der Waals surface area contributed by atoms with Gasteiger partial charge in [-0.1, -0.05) is 30.3 Å². The fourth-order valence-electron chi connectivity index (χ4n) is 1.78. The summed E-state index contributed by atoms with van der Waals surface area (Å²) in [5.74, 6) is -0.497. The number of aromatic carboxylic acids is 1. The molecule has 0 radical (unpaired) electrons. The zero-order valence-electron chi connectivity index (χ0n) is 10.2. The van der Waals surface area contributed by atoms with Crippen molar-refractivity contribution in [2.45, 2.75) is 12.6 Å². The summed E-state index contributed by atoms with van der Waals surface area (Å²) in [6, 6.07) is 10.8. The van der Waals surface area contributed by atoms with Crippen molar-refractivity contribution in [1.82, 2.24) is 5.32 Å². The number of aliphatic hydroxyl groups excluding tert-OH is 1. The van der Waals surface area contributed by atoms with Crippen molar-refractivity contribution in [3.63, 3.8) is 0 Å². The Labute approximate surface area is 110 Å². The number of hydrogen-bond acceptors (Lipinski definition) is 4. The highest BCUT2D eigenvalue weighted by molar-refractivity contribution is 5.87. The highest BCUT2D eigenvalue weighted by Crippen LogP contribution is 2.14. The van der Waals surface area contributed by atoms with Crippen LogP contribution in [-0.2, 0) is 6.54 Å². The van der Waals surface area contributed by atoms with E-state index in [9.17, 15) is 9.90 Å². The van der Waals surface area contributed by atoms with Gasteiger partial charge in [0.1, 0.15) is 12.0 Å². The van der Waals surface area contributed by atoms with Crippen molar-refractivity contribution in [3.8, 4) is 0 Å². The van der Waals surface area contributed by atoms with Crippen LogP contribution in [0, 0.1) is 0 Å². The monoisotopic (exact) mass is 261 g/mol. The Morgan fingerprint density at radius 1 is 1.32 bits per heavy atom. The smallest absolute Gasteiger partial charge is 0.338 e. The van der Waals surface area contributed by atoms with E-state index in [1.165, 1.54) is 12.3 Å². The van der Waals surface area contributed by atoms with E-state index in [1.54, 1.807) is 0 Å². The van der Waals surface area contributed by atoms with Gasteiger partial charge in [0.05, 0.1) is 24.8 Å². The number of rotatable bonds is 6. The largest absolute Gasteiger partial charge is 0.478 e. The molecule has 0 saturated heterocycles. The van der Waals surface area contributed by atoms with Crippen LogP contribution in [0.3, 0.4) is 0 Å². The minimum absolute atomic E-state index is 0.0451. The lowest BCUT2D eigenvalue weighted by Gasteiger charge is -2.15. The molecule has 100 valence electrons. The zero-order valence-corrected chi connectivity index (χ0v) is 10.2. The third kappa shape index (κ3) is 3.43. The number of benzene rings is 1. The molecule has 2 aromatic rings. The summed E-state index contributed by atoms with van der Waals surface area (Å²) in [6.45, 7) is 0.309. The molecule has 0 fully saturated rings. The van der Waals surface area contributed by atoms with Gasteiger partial charge in [0.25, 0.3) is 0 Å². The Morgan fingerprint density at radius 3 is 2.63 bits per heavy atom. The Balaban J connectivity index is 1.98. The Kier molecular flexibility index (Phi) is 4.33. The first-order chi connectivity index (χ1) is 9.20. The van der Waals surface area contributed by atoms with Crippen molar-refractivity contribution in [1.29, 1.82) is 0 Å². The van der Waals surface area contributed by atoms with Gasteiger partial charge in [0, 0.05) is 0 Å². The second kappa shape index (κ2) is 6.17. The summed E-state index contributed by atoms with van der Waals surface area (Å²) >= 11 is 0. The summed E-state index contributed by atoms with van der Waals surface area (Å²) in [6.07, 6.45) is 1.20. The highest BCUT2D eigenvalue weighted by Gasteiger charge is 2.12. The van der Waals surface area contributed by atoms with Crippen molar-refractivity contribution in [3.05, 3.63) is 59.5 Å². The van der Waals surface area contributed by atoms with E-state index in [0.717, 1.165) is 5.56 Å². The van der Waals surface area contributed by atoms with E-state index in [-0.39, 0.29) is 18.2 Å². The standard InChI is InChI=1S/C14H15NO4/c16-8-13(10-4-2-1-3-5-10)15-7-12-6-11(9-19-12)14(17)18/h1-6,9,13,15-16H,7-8H2,(H,17,18)/t13-/m0/s1. The third-order valence-corrected chi connectivity index (χ3v) is 2.81. The van der Waals surface area contributed by atoms with E-state index in [1.807, 2.05) is 30.3 Å². The van der Waals surface area contributed by atoms with Crippen LogP contribution in [0.15, 0.2) is 47.1 Å². The average molecular weight is 261 g/mol. The topological polar surface area (TPSA) is 82.7 Å². The van der Waals surface area contributed by atoms with Gasteiger partial charge in [-0.15, -0.1) is 0 Å². The van der Waals surface area contributed by atoms with Gasteiger partial charge in [-0.25, -0.2) is 4.79 Å². The molecule has 0 aliphatic rings. The summed E-state index contributed by atoms with van der Waals surface area (Å²) in [7, 11) is 0. The predicted octanol–water partition coefficient (Wildman–Crippen LogP) is 1.80. The number of hydrogen-bond donors (Lipinski definition) is 3. The average Bonchev–Trinajstić information content (AvgIpc) is 2.90. The second-order valence-corrected chi connectivity index (χ2v) is 4.13. The number of furan rings is 1. The molecule has 0 saturated carbocycles. The first-order valence-electron chi connectivity index (χ1n) is 5.90. The molecule has 0 aliphatic carbocycles. The molecule has 1 atom stereocenters. The van der Waals surface area contributed by atoms with Crippen LogP contribution in [0.5, 0.6) is 0 Å². The van der Waals surface area contributed by atoms with Crippen LogP contribution in [0.2, 0.25) is 0 Å². The number of aliphatic hydroxyl groups is 1. The summed E-state index contributed by atoms with van der Waals surface area (Å²) in [5, 5.41) is 21.3. The van der Waals surface area contributed by atoms with Gasteiger partial charge in [0.2, 0.25) is 0 Å². The molecular weight excluding hydrogens is 246 g/mol. The van der Waals surface area contributed by atoms with Crippen molar-refractivity contribution < 1.29 is 19.4 Å². The van der Waals surface area contributed by atoms with Crippen molar-refractivity contribution in [2.75, 3.05) is 6.61 Å². The van der Waals surface area contributed by atoms with Gasteiger partial charge < -0.3 is 19.9 Å². The van der Waals surface area contributed by atoms with Crippen LogP contribution in [0.1, 0.15) is 27.7 Å². The van der Waals surface area contributed by atoms with Crippen LogP contribution >= 0.6 is 0 Å². The lowest BCUT2D eigenvalue weighted by atomic mass is 10.1. The second-order valence-electron chi connectivity index (χ2n) is 4.13. The van der Waals surface area contributed by atoms with Crippen LogP contribution in [-0.4, -0.2) is 22.8 Å². The maximum atomic E-state index is 10.7. The molecule has 0 aliphatic heterocycles. The van der Waals surface area contributed by atoms with Crippen molar-refractivity contribution in [2.24, 2.45) is 0 Å².